The van der Waals surface area contributed by atoms with E-state index in [4.69, 9.17) is 0 Å². The van der Waals surface area contributed by atoms with Crippen LogP contribution in [0.1, 0.15) is 45.4 Å². The Morgan fingerprint density at radius 3 is 2.62 bits per heavy atom. The Kier molecular flexibility index (Phi) is 3.85. The van der Waals surface area contributed by atoms with Gasteiger partial charge in [-0.05, 0) is 43.4 Å². The minimum atomic E-state index is 0.164. The first-order valence-corrected chi connectivity index (χ1v) is 6.71. The number of amides is 1. The Bertz CT molecular complexity index is 239. The van der Waals surface area contributed by atoms with Crippen molar-refractivity contribution < 1.29 is 4.79 Å². The predicted molar refractivity (Wildman–Crippen MR) is 65.2 cm³/mol. The molecule has 0 spiro atoms. The summed E-state index contributed by atoms with van der Waals surface area (Å²) in [7, 11) is 0. The van der Waals surface area contributed by atoms with E-state index >= 15 is 0 Å². The molecule has 0 saturated heterocycles. The van der Waals surface area contributed by atoms with Crippen LogP contribution in [-0.2, 0) is 4.79 Å². The summed E-state index contributed by atoms with van der Waals surface area (Å²) in [6.45, 7) is 4.66. The zero-order chi connectivity index (χ0) is 11.4. The lowest BCUT2D eigenvalue weighted by atomic mass is 9.67. The van der Waals surface area contributed by atoms with Gasteiger partial charge < -0.3 is 10.6 Å². The number of carbonyl (C=O) groups excluding carboxylic acids is 1. The van der Waals surface area contributed by atoms with Crippen LogP contribution in [0.2, 0.25) is 0 Å². The number of carbonyl (C=O) groups is 1. The number of rotatable bonds is 7. The summed E-state index contributed by atoms with van der Waals surface area (Å²) < 4.78 is 0. The summed E-state index contributed by atoms with van der Waals surface area (Å²) >= 11 is 0. The van der Waals surface area contributed by atoms with E-state index < -0.39 is 0 Å². The second-order valence-electron chi connectivity index (χ2n) is 5.56. The van der Waals surface area contributed by atoms with Crippen LogP contribution < -0.4 is 10.6 Å². The fraction of sp³-hybridized carbons (Fsp3) is 0.923. The molecule has 0 unspecified atom stereocenters. The maximum absolute atomic E-state index is 11.5. The van der Waals surface area contributed by atoms with Crippen LogP contribution in [0.25, 0.3) is 0 Å². The summed E-state index contributed by atoms with van der Waals surface area (Å²) in [6.07, 6.45) is 7.87. The highest BCUT2D eigenvalue weighted by atomic mass is 16.1. The third-order valence-electron chi connectivity index (χ3n) is 4.23. The molecule has 2 N–H and O–H groups in total. The second kappa shape index (κ2) is 5.17. The summed E-state index contributed by atoms with van der Waals surface area (Å²) in [5.41, 5.74) is 0.511. The van der Waals surface area contributed by atoms with Crippen molar-refractivity contribution in [2.75, 3.05) is 19.6 Å². The average Bonchev–Trinajstić information content (AvgIpc) is 3.03. The lowest BCUT2D eigenvalue weighted by molar-refractivity contribution is -0.120. The van der Waals surface area contributed by atoms with Gasteiger partial charge in [-0.25, -0.2) is 0 Å². The molecule has 3 nitrogen and oxygen atoms in total. The molecule has 0 aromatic carbocycles. The summed E-state index contributed by atoms with van der Waals surface area (Å²) in [5.74, 6) is 0.940. The smallest absolute Gasteiger partial charge is 0.233 e. The first kappa shape index (κ1) is 11.9. The van der Waals surface area contributed by atoms with Gasteiger partial charge in [-0.3, -0.25) is 4.79 Å². The average molecular weight is 224 g/mol. The van der Waals surface area contributed by atoms with Crippen LogP contribution in [0, 0.1) is 11.3 Å². The summed E-state index contributed by atoms with van der Waals surface area (Å²) in [4.78, 5) is 11.5. The fourth-order valence-corrected chi connectivity index (χ4v) is 2.42. The number of hydrogen-bond donors (Lipinski definition) is 2. The molecule has 2 aliphatic rings. The molecule has 2 aliphatic carbocycles. The van der Waals surface area contributed by atoms with Gasteiger partial charge in [0.25, 0.3) is 0 Å². The third-order valence-corrected chi connectivity index (χ3v) is 4.23. The van der Waals surface area contributed by atoms with Crippen molar-refractivity contribution in [3.63, 3.8) is 0 Å². The monoisotopic (exact) mass is 224 g/mol. The Hall–Kier alpha value is -0.570. The Labute approximate surface area is 98.4 Å². The molecule has 0 bridgehead atoms. The number of nitrogens with one attached hydrogen (secondary N) is 2. The standard InChI is InChI=1S/C13H24N2O/c1-2-13(6-3-7-13)10-14-9-12(16)15-8-11-4-5-11/h11,14H,2-10H2,1H3,(H,15,16). The van der Waals surface area contributed by atoms with Gasteiger partial charge in [0.1, 0.15) is 0 Å². The molecular weight excluding hydrogens is 200 g/mol. The van der Waals surface area contributed by atoms with Crippen LogP contribution in [0.5, 0.6) is 0 Å². The highest BCUT2D eigenvalue weighted by Crippen LogP contribution is 2.42. The van der Waals surface area contributed by atoms with Crippen LogP contribution in [0.4, 0.5) is 0 Å². The highest BCUT2D eigenvalue weighted by molar-refractivity contribution is 5.77. The van der Waals surface area contributed by atoms with E-state index in [1.807, 2.05) is 0 Å². The molecule has 2 rings (SSSR count). The van der Waals surface area contributed by atoms with Gasteiger partial charge in [-0.15, -0.1) is 0 Å². The lowest BCUT2D eigenvalue weighted by Gasteiger charge is -2.41. The Morgan fingerprint density at radius 1 is 1.38 bits per heavy atom. The molecular formula is C13H24N2O. The second-order valence-corrected chi connectivity index (χ2v) is 5.56. The normalized spacial score (nSPS) is 22.6. The van der Waals surface area contributed by atoms with Crippen molar-refractivity contribution in [3.05, 3.63) is 0 Å². The Balaban J connectivity index is 1.54. The van der Waals surface area contributed by atoms with E-state index in [2.05, 4.69) is 17.6 Å². The summed E-state index contributed by atoms with van der Waals surface area (Å²) in [5, 5.41) is 6.29. The van der Waals surface area contributed by atoms with Gasteiger partial charge in [0.2, 0.25) is 5.91 Å². The molecule has 92 valence electrons. The van der Waals surface area contributed by atoms with Gasteiger partial charge >= 0.3 is 0 Å². The molecule has 2 fully saturated rings. The molecule has 1 amide bonds. The lowest BCUT2D eigenvalue weighted by Crippen LogP contribution is -2.43. The van der Waals surface area contributed by atoms with E-state index in [1.54, 1.807) is 0 Å². The van der Waals surface area contributed by atoms with Crippen molar-refractivity contribution in [1.29, 1.82) is 0 Å². The SMILES string of the molecule is CCC1(CNCC(=O)NCC2CC2)CCC1. The molecule has 0 aromatic heterocycles. The fourth-order valence-electron chi connectivity index (χ4n) is 2.42. The molecule has 0 atom stereocenters. The molecule has 0 aromatic rings. The van der Waals surface area contributed by atoms with E-state index in [1.165, 1.54) is 38.5 Å². The molecule has 0 heterocycles. The topological polar surface area (TPSA) is 41.1 Å². The molecule has 3 heteroatoms. The van der Waals surface area contributed by atoms with E-state index in [-0.39, 0.29) is 5.91 Å². The van der Waals surface area contributed by atoms with Gasteiger partial charge in [0, 0.05) is 13.1 Å². The summed E-state index contributed by atoms with van der Waals surface area (Å²) in [6, 6.07) is 0. The van der Waals surface area contributed by atoms with Gasteiger partial charge in [0.15, 0.2) is 0 Å². The molecule has 16 heavy (non-hydrogen) atoms. The van der Waals surface area contributed by atoms with Crippen molar-refractivity contribution in [2.45, 2.75) is 45.4 Å². The van der Waals surface area contributed by atoms with Crippen LogP contribution in [0.15, 0.2) is 0 Å². The highest BCUT2D eigenvalue weighted by Gasteiger charge is 2.34. The first-order chi connectivity index (χ1) is 7.74. The zero-order valence-corrected chi connectivity index (χ0v) is 10.3. The van der Waals surface area contributed by atoms with E-state index in [0.717, 1.165) is 19.0 Å². The van der Waals surface area contributed by atoms with Crippen molar-refractivity contribution in [3.8, 4) is 0 Å². The van der Waals surface area contributed by atoms with E-state index in [0.29, 0.717) is 12.0 Å². The molecule has 0 radical (unpaired) electrons. The predicted octanol–water partition coefficient (Wildman–Crippen LogP) is 1.68. The van der Waals surface area contributed by atoms with Crippen LogP contribution in [-0.4, -0.2) is 25.5 Å². The van der Waals surface area contributed by atoms with E-state index in [9.17, 15) is 4.79 Å². The van der Waals surface area contributed by atoms with Gasteiger partial charge in [-0.2, -0.15) is 0 Å². The minimum absolute atomic E-state index is 0.164. The maximum atomic E-state index is 11.5. The van der Waals surface area contributed by atoms with Crippen LogP contribution in [0.3, 0.4) is 0 Å². The largest absolute Gasteiger partial charge is 0.355 e. The van der Waals surface area contributed by atoms with Crippen molar-refractivity contribution in [1.82, 2.24) is 10.6 Å². The third kappa shape index (κ3) is 3.21. The van der Waals surface area contributed by atoms with Crippen LogP contribution >= 0.6 is 0 Å². The Morgan fingerprint density at radius 2 is 2.12 bits per heavy atom. The molecule has 2 saturated carbocycles. The zero-order valence-electron chi connectivity index (χ0n) is 10.3. The minimum Gasteiger partial charge on any atom is -0.355 e. The number of hydrogen-bond acceptors (Lipinski definition) is 2. The van der Waals surface area contributed by atoms with Crippen molar-refractivity contribution >= 4 is 5.91 Å². The maximum Gasteiger partial charge on any atom is 0.233 e. The first-order valence-electron chi connectivity index (χ1n) is 6.71. The van der Waals surface area contributed by atoms with Gasteiger partial charge in [-0.1, -0.05) is 13.3 Å². The molecule has 0 aliphatic heterocycles. The van der Waals surface area contributed by atoms with Gasteiger partial charge in [0.05, 0.1) is 6.54 Å². The van der Waals surface area contributed by atoms with Crippen molar-refractivity contribution in [2.24, 2.45) is 11.3 Å². The quantitative estimate of drug-likeness (QED) is 0.691.